The van der Waals surface area contributed by atoms with Gasteiger partial charge in [-0.3, -0.25) is 4.68 Å². The van der Waals surface area contributed by atoms with Gasteiger partial charge in [0.25, 0.3) is 0 Å². The van der Waals surface area contributed by atoms with Crippen LogP contribution in [0, 0.1) is 6.92 Å². The van der Waals surface area contributed by atoms with Gasteiger partial charge in [-0.2, -0.15) is 5.10 Å². The van der Waals surface area contributed by atoms with Gasteiger partial charge in [0.2, 0.25) is 0 Å². The zero-order chi connectivity index (χ0) is 13.7. The molecule has 0 saturated heterocycles. The van der Waals surface area contributed by atoms with E-state index >= 15 is 0 Å². The lowest BCUT2D eigenvalue weighted by molar-refractivity contribution is 0.552. The molecule has 0 fully saturated rings. The van der Waals surface area contributed by atoms with Crippen LogP contribution >= 0.6 is 0 Å². The first kappa shape index (κ1) is 14.3. The van der Waals surface area contributed by atoms with Gasteiger partial charge in [0.05, 0.1) is 11.7 Å². The minimum Gasteiger partial charge on any atom is -0.307 e. The summed E-state index contributed by atoms with van der Waals surface area (Å²) in [6.07, 6.45) is 12.5. The topological polar surface area (TPSA) is 29.9 Å². The van der Waals surface area contributed by atoms with Crippen molar-refractivity contribution < 1.29 is 0 Å². The fourth-order valence-corrected chi connectivity index (χ4v) is 3.02. The van der Waals surface area contributed by atoms with Gasteiger partial charge in [0.1, 0.15) is 0 Å². The highest BCUT2D eigenvalue weighted by atomic mass is 15.3. The molecule has 0 amide bonds. The van der Waals surface area contributed by atoms with Crippen LogP contribution in [0.5, 0.6) is 0 Å². The molecule has 0 aromatic carbocycles. The van der Waals surface area contributed by atoms with E-state index in [9.17, 15) is 0 Å². The lowest BCUT2D eigenvalue weighted by Gasteiger charge is -2.23. The van der Waals surface area contributed by atoms with Crippen LogP contribution in [0.15, 0.2) is 17.8 Å². The highest BCUT2D eigenvalue weighted by Gasteiger charge is 2.20. The Labute approximate surface area is 117 Å². The molecule has 0 bridgehead atoms. The molecule has 0 radical (unpaired) electrons. The number of allylic oxidation sites excluding steroid dienone is 1. The molecule has 0 spiro atoms. The molecule has 1 unspecified atom stereocenters. The van der Waals surface area contributed by atoms with Crippen LogP contribution in [-0.4, -0.2) is 16.3 Å². The first-order chi connectivity index (χ1) is 9.22. The van der Waals surface area contributed by atoms with Crippen LogP contribution in [0.25, 0.3) is 0 Å². The molecule has 1 N–H and O–H groups in total. The third kappa shape index (κ3) is 3.69. The summed E-state index contributed by atoms with van der Waals surface area (Å²) in [6, 6.07) is 0.358. The largest absolute Gasteiger partial charge is 0.307 e. The second-order valence-corrected chi connectivity index (χ2v) is 5.57. The van der Waals surface area contributed by atoms with Crippen molar-refractivity contribution >= 4 is 0 Å². The van der Waals surface area contributed by atoms with E-state index in [1.165, 1.54) is 44.1 Å². The number of likely N-dealkylation sites (N-methyl/N-ethyl adjacent to an activating group) is 1. The van der Waals surface area contributed by atoms with Crippen molar-refractivity contribution in [2.75, 3.05) is 6.54 Å². The summed E-state index contributed by atoms with van der Waals surface area (Å²) in [5.41, 5.74) is 4.06. The summed E-state index contributed by atoms with van der Waals surface area (Å²) in [7, 11) is 2.01. The van der Waals surface area contributed by atoms with E-state index in [1.807, 2.05) is 11.7 Å². The number of nitrogens with zero attached hydrogens (tertiary/aromatic N) is 2. The zero-order valence-electron chi connectivity index (χ0n) is 12.6. The Morgan fingerprint density at radius 3 is 2.79 bits per heavy atom. The Balaban J connectivity index is 2.25. The van der Waals surface area contributed by atoms with Gasteiger partial charge in [-0.1, -0.05) is 31.4 Å². The van der Waals surface area contributed by atoms with Gasteiger partial charge < -0.3 is 5.32 Å². The summed E-state index contributed by atoms with van der Waals surface area (Å²) in [5.74, 6) is 0. The van der Waals surface area contributed by atoms with E-state index in [0.717, 1.165) is 12.2 Å². The van der Waals surface area contributed by atoms with Crippen molar-refractivity contribution in [1.29, 1.82) is 0 Å². The molecular weight excluding hydrogens is 234 g/mol. The molecule has 19 heavy (non-hydrogen) atoms. The third-order valence-electron chi connectivity index (χ3n) is 3.97. The van der Waals surface area contributed by atoms with Crippen LogP contribution < -0.4 is 5.32 Å². The van der Waals surface area contributed by atoms with E-state index in [4.69, 9.17) is 0 Å². The van der Waals surface area contributed by atoms with Crippen molar-refractivity contribution in [3.63, 3.8) is 0 Å². The summed E-state index contributed by atoms with van der Waals surface area (Å²) >= 11 is 0. The van der Waals surface area contributed by atoms with Crippen molar-refractivity contribution in [1.82, 2.24) is 15.1 Å². The van der Waals surface area contributed by atoms with Crippen LogP contribution in [0.4, 0.5) is 0 Å². The van der Waals surface area contributed by atoms with Crippen LogP contribution in [-0.2, 0) is 7.05 Å². The van der Waals surface area contributed by atoms with Crippen LogP contribution in [0.3, 0.4) is 0 Å². The van der Waals surface area contributed by atoms with E-state index in [0.29, 0.717) is 6.04 Å². The van der Waals surface area contributed by atoms with Crippen molar-refractivity contribution in [3.05, 3.63) is 29.1 Å². The van der Waals surface area contributed by atoms with Crippen LogP contribution in [0.1, 0.15) is 62.7 Å². The maximum atomic E-state index is 4.50. The first-order valence-electron chi connectivity index (χ1n) is 7.64. The van der Waals surface area contributed by atoms with Gasteiger partial charge in [-0.05, 0) is 39.2 Å². The lowest BCUT2D eigenvalue weighted by Crippen LogP contribution is -2.23. The second-order valence-electron chi connectivity index (χ2n) is 5.57. The minimum absolute atomic E-state index is 0.358. The molecule has 0 saturated carbocycles. The van der Waals surface area contributed by atoms with Gasteiger partial charge in [0, 0.05) is 18.8 Å². The predicted molar refractivity (Wildman–Crippen MR) is 80.1 cm³/mol. The first-order valence-corrected chi connectivity index (χ1v) is 7.64. The monoisotopic (exact) mass is 261 g/mol. The molecular formula is C16H27N3. The lowest BCUT2D eigenvalue weighted by atomic mass is 9.91. The van der Waals surface area contributed by atoms with E-state index in [-0.39, 0.29) is 0 Å². The second kappa shape index (κ2) is 6.90. The average molecular weight is 261 g/mol. The summed E-state index contributed by atoms with van der Waals surface area (Å²) in [6.45, 7) is 5.29. The maximum absolute atomic E-state index is 4.50. The van der Waals surface area contributed by atoms with E-state index in [1.54, 1.807) is 5.57 Å². The highest BCUT2D eigenvalue weighted by molar-refractivity contribution is 5.29. The van der Waals surface area contributed by atoms with Crippen molar-refractivity contribution in [3.8, 4) is 0 Å². The third-order valence-corrected chi connectivity index (χ3v) is 3.97. The van der Waals surface area contributed by atoms with Crippen molar-refractivity contribution in [2.24, 2.45) is 7.05 Å². The normalized spacial score (nSPS) is 18.6. The Morgan fingerprint density at radius 1 is 1.32 bits per heavy atom. The number of hydrogen-bond acceptors (Lipinski definition) is 2. The fraction of sp³-hybridized carbons (Fsp3) is 0.688. The number of hydrogen-bond donors (Lipinski definition) is 1. The number of aromatic nitrogens is 2. The Hall–Kier alpha value is -1.09. The molecule has 1 heterocycles. The Kier molecular flexibility index (Phi) is 5.20. The zero-order valence-corrected chi connectivity index (χ0v) is 12.6. The summed E-state index contributed by atoms with van der Waals surface area (Å²) in [4.78, 5) is 0. The predicted octanol–water partition coefficient (Wildman–Crippen LogP) is 3.66. The molecule has 1 aliphatic rings. The molecule has 2 rings (SSSR count). The van der Waals surface area contributed by atoms with Gasteiger partial charge in [0.15, 0.2) is 0 Å². The van der Waals surface area contributed by atoms with Gasteiger partial charge in [-0.25, -0.2) is 0 Å². The molecule has 0 aliphatic heterocycles. The number of aryl methyl sites for hydroxylation is 2. The molecule has 1 aromatic rings. The maximum Gasteiger partial charge on any atom is 0.0644 e. The Bertz CT molecular complexity index is 431. The molecule has 3 nitrogen and oxygen atoms in total. The minimum atomic E-state index is 0.358. The number of nitrogens with one attached hydrogen (secondary N) is 1. The molecule has 1 atom stereocenters. The van der Waals surface area contributed by atoms with Crippen molar-refractivity contribution in [2.45, 2.75) is 58.4 Å². The SMILES string of the molecule is CCNC(C1=CCCCCCC1)c1cn(C)nc1C. The van der Waals surface area contributed by atoms with E-state index < -0.39 is 0 Å². The average Bonchev–Trinajstić information content (AvgIpc) is 2.66. The van der Waals surface area contributed by atoms with Crippen LogP contribution in [0.2, 0.25) is 0 Å². The molecule has 1 aliphatic carbocycles. The van der Waals surface area contributed by atoms with E-state index in [2.05, 4.69) is 36.5 Å². The van der Waals surface area contributed by atoms with Gasteiger partial charge in [-0.15, -0.1) is 0 Å². The highest BCUT2D eigenvalue weighted by Crippen LogP contribution is 2.30. The molecule has 1 aromatic heterocycles. The number of rotatable bonds is 4. The molecule has 106 valence electrons. The van der Waals surface area contributed by atoms with Gasteiger partial charge >= 0.3 is 0 Å². The standard InChI is InChI=1S/C16H27N3/c1-4-17-16(15-12-19(3)18-13(15)2)14-10-8-6-5-7-9-11-14/h10,12,16-17H,4-9,11H2,1-3H3. The molecule has 3 heteroatoms. The Morgan fingerprint density at radius 2 is 2.11 bits per heavy atom. The summed E-state index contributed by atoms with van der Waals surface area (Å²) < 4.78 is 1.93. The summed E-state index contributed by atoms with van der Waals surface area (Å²) in [5, 5.41) is 8.15. The fourth-order valence-electron chi connectivity index (χ4n) is 3.02. The smallest absolute Gasteiger partial charge is 0.0644 e. The quantitative estimate of drug-likeness (QED) is 0.838.